The molecule has 0 spiro atoms. The van der Waals surface area contributed by atoms with E-state index in [1.165, 1.54) is 12.1 Å². The molecule has 6 nitrogen and oxygen atoms in total. The average molecular weight is 560 g/mol. The van der Waals surface area contributed by atoms with Gasteiger partial charge in [0.1, 0.15) is 11.6 Å². The molecule has 4 aromatic rings. The maximum Gasteiger partial charge on any atom is 0.231 e. The highest BCUT2D eigenvalue weighted by Crippen LogP contribution is 2.14. The quantitative estimate of drug-likeness (QED) is 0.219. The topological polar surface area (TPSA) is 79.2 Å². The monoisotopic (exact) mass is 558 g/mol. The summed E-state index contributed by atoms with van der Waals surface area (Å²) in [6.07, 6.45) is 2.17. The number of hydrogen-bond donors (Lipinski definition) is 3. The highest BCUT2D eigenvalue weighted by atomic mass is 35.5. The fraction of sp³-hybridized carbons (Fsp3) is 0.241. The second-order valence-corrected chi connectivity index (χ2v) is 8.83. The Balaban J connectivity index is 0.00000253. The number of aryl methyl sites for hydroxylation is 1. The van der Waals surface area contributed by atoms with E-state index in [9.17, 15) is 14.3 Å². The SMILES string of the molecule is Cc1cnc(CC(=O)Nc2ccc(CCNCC(O)c3ccccc3)cc2)n1Cc1ccc(F)cc1.Cl.Cl. The number of nitrogens with one attached hydrogen (secondary N) is 2. The number of imidazole rings is 1. The van der Waals surface area contributed by atoms with Crippen LogP contribution in [0, 0.1) is 12.7 Å². The number of nitrogens with zero attached hydrogens (tertiary/aromatic N) is 2. The van der Waals surface area contributed by atoms with Gasteiger partial charge in [-0.3, -0.25) is 4.79 Å². The fourth-order valence-corrected chi connectivity index (χ4v) is 4.01. The van der Waals surface area contributed by atoms with Gasteiger partial charge in [-0.05, 0) is 60.8 Å². The molecule has 38 heavy (non-hydrogen) atoms. The summed E-state index contributed by atoms with van der Waals surface area (Å²) in [5.41, 5.74) is 4.65. The standard InChI is InChI=1S/C29H31FN4O2.2ClH/c1-21-18-32-28(34(21)20-23-7-11-25(30)12-8-23)17-29(36)33-26-13-9-22(10-14-26)15-16-31-19-27(35)24-5-3-2-4-6-24;;/h2-14,18,27,31,35H,15-17,19-20H2,1H3,(H,33,36);2*1H. The first-order valence-electron chi connectivity index (χ1n) is 12.1. The molecule has 0 aliphatic rings. The highest BCUT2D eigenvalue weighted by molar-refractivity contribution is 5.91. The number of anilines is 1. The maximum absolute atomic E-state index is 13.2. The van der Waals surface area contributed by atoms with E-state index in [4.69, 9.17) is 0 Å². The zero-order chi connectivity index (χ0) is 25.3. The van der Waals surface area contributed by atoms with Crippen LogP contribution in [0.4, 0.5) is 10.1 Å². The van der Waals surface area contributed by atoms with Crippen LogP contribution in [0.15, 0.2) is 85.1 Å². The van der Waals surface area contributed by atoms with Gasteiger partial charge in [0.15, 0.2) is 0 Å². The third kappa shape index (κ3) is 8.96. The van der Waals surface area contributed by atoms with Crippen molar-refractivity contribution in [2.45, 2.75) is 32.4 Å². The van der Waals surface area contributed by atoms with Crippen molar-refractivity contribution < 1.29 is 14.3 Å². The molecule has 1 amide bonds. The number of benzene rings is 3. The molecule has 0 fully saturated rings. The molecule has 202 valence electrons. The third-order valence-electron chi connectivity index (χ3n) is 6.06. The normalized spacial score (nSPS) is 11.2. The summed E-state index contributed by atoms with van der Waals surface area (Å²) in [6.45, 7) is 3.70. The Bertz CT molecular complexity index is 1270. The van der Waals surface area contributed by atoms with Crippen molar-refractivity contribution in [3.05, 3.63) is 119 Å². The molecular formula is C29H33Cl2FN4O2. The summed E-state index contributed by atoms with van der Waals surface area (Å²) in [4.78, 5) is 17.1. The molecule has 3 aromatic carbocycles. The average Bonchev–Trinajstić information content (AvgIpc) is 3.23. The number of aliphatic hydroxyl groups is 1. The number of halogens is 3. The minimum Gasteiger partial charge on any atom is -0.387 e. The van der Waals surface area contributed by atoms with Crippen LogP contribution < -0.4 is 10.6 Å². The zero-order valence-electron chi connectivity index (χ0n) is 21.1. The van der Waals surface area contributed by atoms with E-state index < -0.39 is 6.10 Å². The third-order valence-corrected chi connectivity index (χ3v) is 6.06. The van der Waals surface area contributed by atoms with E-state index in [2.05, 4.69) is 15.6 Å². The van der Waals surface area contributed by atoms with Crippen molar-refractivity contribution >= 4 is 36.4 Å². The lowest BCUT2D eigenvalue weighted by Crippen LogP contribution is -2.23. The number of carbonyl (C=O) groups excluding carboxylic acids is 1. The van der Waals surface area contributed by atoms with E-state index in [1.54, 1.807) is 18.3 Å². The minimum atomic E-state index is -0.529. The predicted molar refractivity (Wildman–Crippen MR) is 154 cm³/mol. The predicted octanol–water partition coefficient (Wildman–Crippen LogP) is 5.27. The Labute approximate surface area is 235 Å². The van der Waals surface area contributed by atoms with Crippen LogP contribution in [0.1, 0.15) is 34.3 Å². The summed E-state index contributed by atoms with van der Waals surface area (Å²) >= 11 is 0. The number of aliphatic hydroxyl groups excluding tert-OH is 1. The van der Waals surface area contributed by atoms with Gasteiger partial charge in [0.05, 0.1) is 12.5 Å². The van der Waals surface area contributed by atoms with Crippen LogP contribution >= 0.6 is 24.8 Å². The lowest BCUT2D eigenvalue weighted by atomic mass is 10.1. The Morgan fingerprint density at radius 3 is 2.32 bits per heavy atom. The van der Waals surface area contributed by atoms with Crippen molar-refractivity contribution in [1.29, 1.82) is 0 Å². The smallest absolute Gasteiger partial charge is 0.231 e. The highest BCUT2D eigenvalue weighted by Gasteiger charge is 2.13. The van der Waals surface area contributed by atoms with Crippen LogP contribution in [0.3, 0.4) is 0 Å². The summed E-state index contributed by atoms with van der Waals surface area (Å²) in [6, 6.07) is 23.7. The van der Waals surface area contributed by atoms with Gasteiger partial charge < -0.3 is 20.3 Å². The number of carbonyl (C=O) groups is 1. The summed E-state index contributed by atoms with van der Waals surface area (Å²) in [5, 5.41) is 16.4. The first-order valence-corrected chi connectivity index (χ1v) is 12.1. The van der Waals surface area contributed by atoms with Gasteiger partial charge in [0, 0.05) is 30.7 Å². The summed E-state index contributed by atoms with van der Waals surface area (Å²) < 4.78 is 15.2. The first kappa shape index (κ1) is 31.0. The molecule has 9 heteroatoms. The van der Waals surface area contributed by atoms with Gasteiger partial charge in [-0.1, -0.05) is 54.6 Å². The molecular weight excluding hydrogens is 526 g/mol. The Hall–Kier alpha value is -3.23. The van der Waals surface area contributed by atoms with E-state index in [1.807, 2.05) is 66.1 Å². The number of amides is 1. The molecule has 1 atom stereocenters. The number of rotatable bonds is 11. The molecule has 0 radical (unpaired) electrons. The molecule has 1 heterocycles. The Morgan fingerprint density at radius 1 is 0.974 bits per heavy atom. The van der Waals surface area contributed by atoms with Crippen LogP contribution in [0.5, 0.6) is 0 Å². The van der Waals surface area contributed by atoms with Crippen LogP contribution in [0.25, 0.3) is 0 Å². The van der Waals surface area contributed by atoms with Crippen molar-refractivity contribution in [2.24, 2.45) is 0 Å². The second kappa shape index (κ2) is 15.2. The summed E-state index contributed by atoms with van der Waals surface area (Å²) in [7, 11) is 0. The van der Waals surface area contributed by atoms with Gasteiger partial charge in [-0.25, -0.2) is 9.37 Å². The first-order chi connectivity index (χ1) is 17.5. The lowest BCUT2D eigenvalue weighted by Gasteiger charge is -2.12. The molecule has 0 aliphatic heterocycles. The molecule has 0 saturated heterocycles. The Kier molecular flexibility index (Phi) is 12.4. The molecule has 1 unspecified atom stereocenters. The largest absolute Gasteiger partial charge is 0.387 e. The van der Waals surface area contributed by atoms with E-state index in [0.717, 1.165) is 41.0 Å². The summed E-state index contributed by atoms with van der Waals surface area (Å²) in [5.74, 6) is 0.241. The van der Waals surface area contributed by atoms with Crippen LogP contribution in [-0.4, -0.2) is 33.7 Å². The Morgan fingerprint density at radius 2 is 1.63 bits per heavy atom. The van der Waals surface area contributed by atoms with Crippen molar-refractivity contribution in [2.75, 3.05) is 18.4 Å². The zero-order valence-corrected chi connectivity index (χ0v) is 22.8. The van der Waals surface area contributed by atoms with Crippen molar-refractivity contribution in [1.82, 2.24) is 14.9 Å². The van der Waals surface area contributed by atoms with Crippen LogP contribution in [0.2, 0.25) is 0 Å². The molecule has 0 bridgehead atoms. The molecule has 1 aromatic heterocycles. The van der Waals surface area contributed by atoms with Gasteiger partial charge in [-0.15, -0.1) is 24.8 Å². The van der Waals surface area contributed by atoms with Gasteiger partial charge in [-0.2, -0.15) is 0 Å². The molecule has 0 aliphatic carbocycles. The minimum absolute atomic E-state index is 0. The van der Waals surface area contributed by atoms with E-state index >= 15 is 0 Å². The van der Waals surface area contributed by atoms with Crippen molar-refractivity contribution in [3.63, 3.8) is 0 Å². The number of hydrogen-bond acceptors (Lipinski definition) is 4. The van der Waals surface area contributed by atoms with Gasteiger partial charge in [0.25, 0.3) is 0 Å². The van der Waals surface area contributed by atoms with Gasteiger partial charge in [0.2, 0.25) is 5.91 Å². The molecule has 3 N–H and O–H groups in total. The van der Waals surface area contributed by atoms with E-state index in [0.29, 0.717) is 18.9 Å². The fourth-order valence-electron chi connectivity index (χ4n) is 4.01. The van der Waals surface area contributed by atoms with E-state index in [-0.39, 0.29) is 43.0 Å². The second-order valence-electron chi connectivity index (χ2n) is 8.83. The molecule has 4 rings (SSSR count). The van der Waals surface area contributed by atoms with Crippen molar-refractivity contribution in [3.8, 4) is 0 Å². The molecule has 0 saturated carbocycles. The van der Waals surface area contributed by atoms with Gasteiger partial charge >= 0.3 is 0 Å². The lowest BCUT2D eigenvalue weighted by molar-refractivity contribution is -0.115. The maximum atomic E-state index is 13.2. The number of aromatic nitrogens is 2. The van der Waals surface area contributed by atoms with Crippen LogP contribution in [-0.2, 0) is 24.2 Å².